The lowest BCUT2D eigenvalue weighted by atomic mass is 10.3. The molecular formula is C8H10NO2+. The molecule has 0 radical (unpaired) electrons. The van der Waals surface area contributed by atoms with Gasteiger partial charge < -0.3 is 10.2 Å². The van der Waals surface area contributed by atoms with Crippen molar-refractivity contribution in [3.63, 3.8) is 0 Å². The highest BCUT2D eigenvalue weighted by Gasteiger charge is 2.12. The molecule has 11 heavy (non-hydrogen) atoms. The Balaban J connectivity index is 3.40. The van der Waals surface area contributed by atoms with E-state index in [0.717, 1.165) is 0 Å². The van der Waals surface area contributed by atoms with E-state index in [0.29, 0.717) is 5.69 Å². The predicted octanol–water partition coefficient (Wildman–Crippen LogP) is 0.565. The van der Waals surface area contributed by atoms with Gasteiger partial charge in [-0.25, -0.2) is 0 Å². The summed E-state index contributed by atoms with van der Waals surface area (Å²) in [5.41, 5.74) is 0.505. The minimum Gasteiger partial charge on any atom is -0.504 e. The first-order valence-corrected chi connectivity index (χ1v) is 3.20. The molecule has 0 spiro atoms. The summed E-state index contributed by atoms with van der Waals surface area (Å²) in [6.45, 7) is 3.50. The third-order valence-corrected chi connectivity index (χ3v) is 1.51. The number of aromatic hydroxyl groups is 2. The first kappa shape index (κ1) is 7.60. The van der Waals surface area contributed by atoms with Gasteiger partial charge in [0.2, 0.25) is 5.75 Å². The Hall–Kier alpha value is -1.51. The fourth-order valence-corrected chi connectivity index (χ4v) is 0.881. The summed E-state index contributed by atoms with van der Waals surface area (Å²) in [4.78, 5) is 0. The molecule has 0 aliphatic rings. The molecule has 58 valence electrons. The normalized spacial score (nSPS) is 9.55. The van der Waals surface area contributed by atoms with Crippen LogP contribution in [0, 0.1) is 0 Å². The molecule has 0 bridgehead atoms. The van der Waals surface area contributed by atoms with Crippen LogP contribution < -0.4 is 4.57 Å². The van der Waals surface area contributed by atoms with Crippen molar-refractivity contribution in [1.82, 2.24) is 0 Å². The molecule has 0 saturated carbocycles. The average Bonchev–Trinajstić information content (AvgIpc) is 1.99. The molecule has 0 aromatic carbocycles. The molecule has 1 rings (SSSR count). The Labute approximate surface area is 64.9 Å². The fraction of sp³-hybridized carbons (Fsp3) is 0.125. The zero-order valence-corrected chi connectivity index (χ0v) is 6.28. The van der Waals surface area contributed by atoms with Crippen molar-refractivity contribution in [2.24, 2.45) is 7.05 Å². The molecule has 3 nitrogen and oxygen atoms in total. The van der Waals surface area contributed by atoms with Crippen molar-refractivity contribution in [2.45, 2.75) is 0 Å². The maximum absolute atomic E-state index is 9.24. The Bertz CT molecular complexity index is 294. The van der Waals surface area contributed by atoms with Crippen molar-refractivity contribution in [3.8, 4) is 11.5 Å². The maximum atomic E-state index is 9.24. The summed E-state index contributed by atoms with van der Waals surface area (Å²) in [5.74, 6) is -0.261. The van der Waals surface area contributed by atoms with E-state index in [2.05, 4.69) is 6.58 Å². The number of pyridine rings is 1. The minimum atomic E-state index is -0.134. The van der Waals surface area contributed by atoms with Crippen LogP contribution in [0.2, 0.25) is 0 Å². The fourth-order valence-electron chi connectivity index (χ4n) is 0.881. The quantitative estimate of drug-likeness (QED) is 0.578. The predicted molar refractivity (Wildman–Crippen MR) is 41.0 cm³/mol. The summed E-state index contributed by atoms with van der Waals surface area (Å²) in [6.07, 6.45) is 3.13. The van der Waals surface area contributed by atoms with Crippen molar-refractivity contribution in [3.05, 3.63) is 24.5 Å². The van der Waals surface area contributed by atoms with Gasteiger partial charge in [-0.15, -0.1) is 0 Å². The average molecular weight is 152 g/mol. The lowest BCUT2D eigenvalue weighted by Crippen LogP contribution is -2.30. The molecular weight excluding hydrogens is 142 g/mol. The van der Waals surface area contributed by atoms with Gasteiger partial charge in [0.05, 0.1) is 0 Å². The van der Waals surface area contributed by atoms with Crippen LogP contribution in [-0.2, 0) is 7.05 Å². The molecule has 0 amide bonds. The summed E-state index contributed by atoms with van der Waals surface area (Å²) >= 11 is 0. The molecule has 0 unspecified atom stereocenters. The number of nitrogens with zero attached hydrogens (tertiary/aromatic N) is 1. The Morgan fingerprint density at radius 1 is 1.55 bits per heavy atom. The number of hydrogen-bond acceptors (Lipinski definition) is 2. The van der Waals surface area contributed by atoms with Gasteiger partial charge in [-0.2, -0.15) is 4.57 Å². The van der Waals surface area contributed by atoms with Crippen LogP contribution in [0.25, 0.3) is 6.08 Å². The summed E-state index contributed by atoms with van der Waals surface area (Å²) < 4.78 is 1.67. The summed E-state index contributed by atoms with van der Waals surface area (Å²) in [6, 6.07) is 1.42. The van der Waals surface area contributed by atoms with Crippen LogP contribution >= 0.6 is 0 Å². The first-order chi connectivity index (χ1) is 5.16. The Kier molecular flexibility index (Phi) is 1.81. The molecule has 0 fully saturated rings. The first-order valence-electron chi connectivity index (χ1n) is 3.20. The van der Waals surface area contributed by atoms with Crippen molar-refractivity contribution in [1.29, 1.82) is 0 Å². The van der Waals surface area contributed by atoms with Gasteiger partial charge >= 0.3 is 0 Å². The van der Waals surface area contributed by atoms with E-state index >= 15 is 0 Å². The van der Waals surface area contributed by atoms with E-state index in [1.54, 1.807) is 17.8 Å². The second kappa shape index (κ2) is 2.62. The molecule has 3 heteroatoms. The molecule has 2 N–H and O–H groups in total. The molecule has 1 heterocycles. The zero-order chi connectivity index (χ0) is 8.43. The van der Waals surface area contributed by atoms with Gasteiger partial charge in [0, 0.05) is 12.1 Å². The topological polar surface area (TPSA) is 44.3 Å². The molecule has 0 aliphatic heterocycles. The highest BCUT2D eigenvalue weighted by molar-refractivity contribution is 5.52. The van der Waals surface area contributed by atoms with E-state index in [4.69, 9.17) is 5.11 Å². The Morgan fingerprint density at radius 2 is 2.18 bits per heavy atom. The van der Waals surface area contributed by atoms with E-state index in [1.165, 1.54) is 12.1 Å². The number of aromatic nitrogens is 1. The van der Waals surface area contributed by atoms with Gasteiger partial charge in [0.25, 0.3) is 5.69 Å². The molecule has 0 saturated heterocycles. The molecule has 0 aliphatic carbocycles. The maximum Gasteiger partial charge on any atom is 0.250 e. The van der Waals surface area contributed by atoms with Gasteiger partial charge in [0.1, 0.15) is 7.05 Å². The lowest BCUT2D eigenvalue weighted by molar-refractivity contribution is -0.673. The number of rotatable bonds is 1. The van der Waals surface area contributed by atoms with E-state index in [9.17, 15) is 5.11 Å². The highest BCUT2D eigenvalue weighted by atomic mass is 16.3. The van der Waals surface area contributed by atoms with Crippen LogP contribution in [0.5, 0.6) is 11.5 Å². The summed E-state index contributed by atoms with van der Waals surface area (Å²) in [7, 11) is 1.76. The van der Waals surface area contributed by atoms with E-state index in [1.807, 2.05) is 0 Å². The van der Waals surface area contributed by atoms with Crippen LogP contribution in [0.4, 0.5) is 0 Å². The molecule has 1 aromatic heterocycles. The highest BCUT2D eigenvalue weighted by Crippen LogP contribution is 2.25. The Morgan fingerprint density at radius 3 is 2.64 bits per heavy atom. The van der Waals surface area contributed by atoms with E-state index < -0.39 is 0 Å². The van der Waals surface area contributed by atoms with Crippen molar-refractivity contribution < 1.29 is 14.8 Å². The van der Waals surface area contributed by atoms with Crippen LogP contribution in [-0.4, -0.2) is 10.2 Å². The van der Waals surface area contributed by atoms with Gasteiger partial charge in [-0.05, 0) is 0 Å². The largest absolute Gasteiger partial charge is 0.504 e. The third kappa shape index (κ3) is 1.17. The monoisotopic (exact) mass is 152 g/mol. The minimum absolute atomic E-state index is 0.127. The molecule has 1 aromatic rings. The van der Waals surface area contributed by atoms with Gasteiger partial charge in [-0.3, -0.25) is 0 Å². The van der Waals surface area contributed by atoms with Crippen LogP contribution in [0.3, 0.4) is 0 Å². The number of aryl methyl sites for hydroxylation is 1. The van der Waals surface area contributed by atoms with Gasteiger partial charge in [0.15, 0.2) is 11.9 Å². The van der Waals surface area contributed by atoms with Gasteiger partial charge in [-0.1, -0.05) is 6.58 Å². The molecule has 0 atom stereocenters. The third-order valence-electron chi connectivity index (χ3n) is 1.51. The SMILES string of the molecule is C=Cc1c(O)c(O)cc[n+]1C. The lowest BCUT2D eigenvalue weighted by Gasteiger charge is -1.98. The van der Waals surface area contributed by atoms with E-state index in [-0.39, 0.29) is 11.5 Å². The second-order valence-electron chi connectivity index (χ2n) is 2.25. The second-order valence-corrected chi connectivity index (χ2v) is 2.25. The van der Waals surface area contributed by atoms with Crippen molar-refractivity contribution in [2.75, 3.05) is 0 Å². The standard InChI is InChI=1S/C8H9NO2/c1-3-6-8(11)7(10)4-5-9(6)2/h3-5,11H,1H2,2H3/p+1. The summed E-state index contributed by atoms with van der Waals surface area (Å²) in [5, 5.41) is 18.3. The van der Waals surface area contributed by atoms with Crippen LogP contribution in [0.1, 0.15) is 5.69 Å². The number of hydrogen-bond donors (Lipinski definition) is 2. The smallest absolute Gasteiger partial charge is 0.250 e. The van der Waals surface area contributed by atoms with Crippen LogP contribution in [0.15, 0.2) is 18.8 Å². The zero-order valence-electron chi connectivity index (χ0n) is 6.28. The van der Waals surface area contributed by atoms with Crippen molar-refractivity contribution >= 4 is 6.08 Å².